The third-order valence-electron chi connectivity index (χ3n) is 3.88. The van der Waals surface area contributed by atoms with Gasteiger partial charge in [0.15, 0.2) is 0 Å². The number of likely N-dealkylation sites (tertiary alicyclic amines) is 1. The van der Waals surface area contributed by atoms with Crippen molar-refractivity contribution in [3.8, 4) is 0 Å². The number of alkyl halides is 2. The number of hydrogen-bond donors (Lipinski definition) is 0. The number of rotatable bonds is 1. The smallest absolute Gasteiger partial charge is 0.411 e. The van der Waals surface area contributed by atoms with E-state index < -0.39 is 35.0 Å². The topological polar surface area (TPSA) is 55.8 Å². The van der Waals surface area contributed by atoms with Crippen molar-refractivity contribution in [1.82, 2.24) is 4.90 Å². The zero-order valence-corrected chi connectivity index (χ0v) is 12.7. The third kappa shape index (κ3) is 3.27. The van der Waals surface area contributed by atoms with Gasteiger partial charge in [-0.25, -0.2) is 18.4 Å². The summed E-state index contributed by atoms with van der Waals surface area (Å²) in [5.74, 6) is -3.29. The second-order valence-electron chi connectivity index (χ2n) is 7.06. The molecule has 0 N–H and O–H groups in total. The van der Waals surface area contributed by atoms with Crippen molar-refractivity contribution < 1.29 is 27.8 Å². The first kappa shape index (κ1) is 16.0. The molecule has 1 heterocycles. The van der Waals surface area contributed by atoms with Crippen molar-refractivity contribution in [2.75, 3.05) is 13.7 Å². The maximum atomic E-state index is 13.2. The fourth-order valence-corrected chi connectivity index (χ4v) is 3.22. The molecule has 120 valence electrons. The van der Waals surface area contributed by atoms with Gasteiger partial charge in [0.25, 0.3) is 0 Å². The second-order valence-corrected chi connectivity index (χ2v) is 7.06. The Bertz CT molecular complexity index is 450. The number of carbonyl (C=O) groups excluding carboxylic acids is 2. The van der Waals surface area contributed by atoms with Gasteiger partial charge in [0.05, 0.1) is 7.11 Å². The summed E-state index contributed by atoms with van der Waals surface area (Å²) in [4.78, 5) is 25.2. The number of nitrogens with zero attached hydrogens (tertiary/aromatic N) is 1. The van der Waals surface area contributed by atoms with E-state index in [9.17, 15) is 18.4 Å². The van der Waals surface area contributed by atoms with E-state index in [0.717, 1.165) is 0 Å². The average Bonchev–Trinajstić information content (AvgIpc) is 2.64. The van der Waals surface area contributed by atoms with Gasteiger partial charge in [-0.2, -0.15) is 0 Å². The predicted octanol–water partition coefficient (Wildman–Crippen LogP) is 2.58. The lowest BCUT2D eigenvalue weighted by atomic mass is 9.65. The minimum absolute atomic E-state index is 0.108. The first-order chi connectivity index (χ1) is 9.47. The largest absolute Gasteiger partial charge is 0.467 e. The molecule has 7 heteroatoms. The van der Waals surface area contributed by atoms with E-state index in [2.05, 4.69) is 4.74 Å². The van der Waals surface area contributed by atoms with Crippen molar-refractivity contribution in [2.45, 2.75) is 57.6 Å². The highest BCUT2D eigenvalue weighted by Crippen LogP contribution is 2.58. The zero-order chi connectivity index (χ0) is 16.1. The molecule has 1 atom stereocenters. The summed E-state index contributed by atoms with van der Waals surface area (Å²) < 4.78 is 36.3. The minimum atomic E-state index is -2.70. The highest BCUT2D eigenvalue weighted by atomic mass is 19.3. The molecular formula is C14H21F2NO4. The van der Waals surface area contributed by atoms with E-state index in [-0.39, 0.29) is 25.8 Å². The van der Waals surface area contributed by atoms with E-state index in [0.29, 0.717) is 0 Å². The van der Waals surface area contributed by atoms with Crippen molar-refractivity contribution in [3.05, 3.63) is 0 Å². The molecule has 0 aromatic heterocycles. The first-order valence-electron chi connectivity index (χ1n) is 6.92. The Morgan fingerprint density at radius 3 is 2.24 bits per heavy atom. The molecule has 1 aliphatic carbocycles. The van der Waals surface area contributed by atoms with Gasteiger partial charge >= 0.3 is 12.1 Å². The minimum Gasteiger partial charge on any atom is -0.467 e. The summed E-state index contributed by atoms with van der Waals surface area (Å²) in [6.07, 6.45) is -1.06. The van der Waals surface area contributed by atoms with Crippen LogP contribution in [-0.2, 0) is 14.3 Å². The number of amides is 1. The molecular weight excluding hydrogens is 284 g/mol. The maximum Gasteiger partial charge on any atom is 0.411 e. The summed E-state index contributed by atoms with van der Waals surface area (Å²) in [6, 6.07) is -0.846. The number of methoxy groups -OCH3 is 1. The normalized spacial score (nSPS) is 26.4. The van der Waals surface area contributed by atoms with E-state index in [1.54, 1.807) is 20.8 Å². The molecule has 2 fully saturated rings. The quantitative estimate of drug-likeness (QED) is 0.699. The SMILES string of the molecule is COC(=O)C1CC2(CN1C(=O)OC(C)(C)C)CC(F)(F)C2. The van der Waals surface area contributed by atoms with E-state index >= 15 is 0 Å². The molecule has 0 radical (unpaired) electrons. The number of hydrogen-bond acceptors (Lipinski definition) is 4. The number of esters is 1. The Morgan fingerprint density at radius 1 is 1.24 bits per heavy atom. The predicted molar refractivity (Wildman–Crippen MR) is 70.0 cm³/mol. The van der Waals surface area contributed by atoms with E-state index in [1.165, 1.54) is 12.0 Å². The zero-order valence-electron chi connectivity index (χ0n) is 12.7. The van der Waals surface area contributed by atoms with Crippen molar-refractivity contribution in [1.29, 1.82) is 0 Å². The fraction of sp³-hybridized carbons (Fsp3) is 0.857. The fourth-order valence-electron chi connectivity index (χ4n) is 3.22. The Labute approximate surface area is 122 Å². The molecule has 0 bridgehead atoms. The molecule has 1 amide bonds. The molecule has 2 aliphatic rings. The van der Waals surface area contributed by atoms with Gasteiger partial charge in [0, 0.05) is 24.8 Å². The average molecular weight is 305 g/mol. The van der Waals surface area contributed by atoms with Gasteiger partial charge in [-0.3, -0.25) is 4.90 Å². The Kier molecular flexibility index (Phi) is 3.66. The molecule has 1 aliphatic heterocycles. The third-order valence-corrected chi connectivity index (χ3v) is 3.88. The molecule has 1 saturated carbocycles. The summed E-state index contributed by atoms with van der Waals surface area (Å²) in [5.41, 5.74) is -1.41. The number of halogens is 2. The van der Waals surface area contributed by atoms with Crippen LogP contribution in [0.4, 0.5) is 13.6 Å². The Hall–Kier alpha value is -1.40. The summed E-state index contributed by atoms with van der Waals surface area (Å²) in [6.45, 7) is 5.24. The van der Waals surface area contributed by atoms with Gasteiger partial charge in [-0.15, -0.1) is 0 Å². The lowest BCUT2D eigenvalue weighted by Gasteiger charge is -2.44. The van der Waals surface area contributed by atoms with Crippen LogP contribution in [0.3, 0.4) is 0 Å². The molecule has 1 saturated heterocycles. The van der Waals surface area contributed by atoms with Crippen LogP contribution >= 0.6 is 0 Å². The van der Waals surface area contributed by atoms with E-state index in [1.807, 2.05) is 0 Å². The Balaban J connectivity index is 2.14. The van der Waals surface area contributed by atoms with E-state index in [4.69, 9.17) is 4.74 Å². The highest BCUT2D eigenvalue weighted by Gasteiger charge is 2.63. The molecule has 0 aromatic carbocycles. The second kappa shape index (κ2) is 4.81. The summed E-state index contributed by atoms with van der Waals surface area (Å²) >= 11 is 0. The molecule has 0 aromatic rings. The lowest BCUT2D eigenvalue weighted by Crippen LogP contribution is -2.48. The maximum absolute atomic E-state index is 13.2. The van der Waals surface area contributed by atoms with Gasteiger partial charge < -0.3 is 9.47 Å². The van der Waals surface area contributed by atoms with Crippen LogP contribution in [0.5, 0.6) is 0 Å². The molecule has 5 nitrogen and oxygen atoms in total. The van der Waals surface area contributed by atoms with Crippen molar-refractivity contribution in [2.24, 2.45) is 5.41 Å². The lowest BCUT2D eigenvalue weighted by molar-refractivity contribution is -0.157. The van der Waals surface area contributed by atoms with Gasteiger partial charge in [-0.1, -0.05) is 0 Å². The van der Waals surface area contributed by atoms with Gasteiger partial charge in [-0.05, 0) is 27.2 Å². The van der Waals surface area contributed by atoms with Crippen molar-refractivity contribution >= 4 is 12.1 Å². The van der Waals surface area contributed by atoms with Crippen LogP contribution < -0.4 is 0 Å². The number of carbonyl (C=O) groups is 2. The van der Waals surface area contributed by atoms with Crippen LogP contribution in [0.2, 0.25) is 0 Å². The standard InChI is InChI=1S/C14H21F2NO4/c1-12(2,3)21-11(19)17-8-13(6-14(15,16)7-13)5-9(17)10(18)20-4/h9H,5-8H2,1-4H3. The summed E-state index contributed by atoms with van der Waals surface area (Å²) in [7, 11) is 1.22. The van der Waals surface area contributed by atoms with Gasteiger partial charge in [0.1, 0.15) is 11.6 Å². The summed E-state index contributed by atoms with van der Waals surface area (Å²) in [5, 5.41) is 0. The molecule has 21 heavy (non-hydrogen) atoms. The van der Waals surface area contributed by atoms with Crippen LogP contribution in [0.15, 0.2) is 0 Å². The van der Waals surface area contributed by atoms with Crippen LogP contribution in [-0.4, -0.2) is 48.2 Å². The van der Waals surface area contributed by atoms with Gasteiger partial charge in [0.2, 0.25) is 5.92 Å². The van der Waals surface area contributed by atoms with Crippen LogP contribution in [0.1, 0.15) is 40.0 Å². The molecule has 2 rings (SSSR count). The van der Waals surface area contributed by atoms with Crippen LogP contribution in [0.25, 0.3) is 0 Å². The first-order valence-corrected chi connectivity index (χ1v) is 6.92. The molecule has 1 unspecified atom stereocenters. The monoisotopic (exact) mass is 305 g/mol. The molecule has 1 spiro atoms. The van der Waals surface area contributed by atoms with Crippen LogP contribution in [0, 0.1) is 5.41 Å². The highest BCUT2D eigenvalue weighted by molar-refractivity contribution is 5.82. The van der Waals surface area contributed by atoms with Crippen molar-refractivity contribution in [3.63, 3.8) is 0 Å². The Morgan fingerprint density at radius 2 is 1.81 bits per heavy atom. The number of ether oxygens (including phenoxy) is 2.